The van der Waals surface area contributed by atoms with E-state index in [1.54, 1.807) is 12.1 Å². The largest absolute Gasteiger partial charge is 0.493 e. The molecule has 3 aromatic rings. The van der Waals surface area contributed by atoms with Gasteiger partial charge in [-0.05, 0) is 31.5 Å². The van der Waals surface area contributed by atoms with E-state index in [9.17, 15) is 8.42 Å². The van der Waals surface area contributed by atoms with E-state index in [2.05, 4.69) is 30.1 Å². The van der Waals surface area contributed by atoms with Crippen LogP contribution in [0, 0.1) is 0 Å². The Kier molecular flexibility index (Phi) is 5.40. The normalized spacial score (nSPS) is 22.0. The van der Waals surface area contributed by atoms with Gasteiger partial charge in [-0.25, -0.2) is 13.4 Å². The van der Waals surface area contributed by atoms with E-state index >= 15 is 0 Å². The molecule has 0 bridgehead atoms. The van der Waals surface area contributed by atoms with Crippen molar-refractivity contribution in [3.05, 3.63) is 48.0 Å². The quantitative estimate of drug-likeness (QED) is 0.624. The van der Waals surface area contributed by atoms with Crippen LogP contribution < -0.4 is 9.46 Å². The third-order valence-electron chi connectivity index (χ3n) is 6.03. The van der Waals surface area contributed by atoms with E-state index in [1.807, 2.05) is 24.0 Å². The Bertz CT molecular complexity index is 1160. The summed E-state index contributed by atoms with van der Waals surface area (Å²) in [5.41, 5.74) is 2.25. The van der Waals surface area contributed by atoms with Crippen LogP contribution >= 0.6 is 11.5 Å². The molecule has 2 aliphatic heterocycles. The van der Waals surface area contributed by atoms with E-state index in [0.29, 0.717) is 18.4 Å². The van der Waals surface area contributed by atoms with Crippen molar-refractivity contribution in [2.24, 2.45) is 7.05 Å². The number of hydrogen-bond acceptors (Lipinski definition) is 8. The van der Waals surface area contributed by atoms with E-state index in [-0.39, 0.29) is 16.1 Å². The second-order valence-corrected chi connectivity index (χ2v) is 10.3. The molecule has 31 heavy (non-hydrogen) atoms. The number of aryl methyl sites for hydroxylation is 1. The zero-order valence-electron chi connectivity index (χ0n) is 17.1. The molecular weight excluding hydrogens is 436 g/mol. The topological polar surface area (TPSA) is 102 Å². The molecule has 9 nitrogen and oxygen atoms in total. The van der Waals surface area contributed by atoms with Crippen LogP contribution in [0.2, 0.25) is 0 Å². The van der Waals surface area contributed by atoms with Crippen LogP contribution in [0.25, 0.3) is 0 Å². The molecule has 0 amide bonds. The zero-order chi connectivity index (χ0) is 21.4. The average Bonchev–Trinajstić information content (AvgIpc) is 3.44. The minimum atomic E-state index is -3.76. The van der Waals surface area contributed by atoms with Crippen LogP contribution in [0.3, 0.4) is 0 Å². The fraction of sp³-hybridized carbons (Fsp3) is 0.450. The number of aromatic nitrogens is 4. The van der Waals surface area contributed by atoms with Gasteiger partial charge in [0.15, 0.2) is 0 Å². The molecule has 2 aromatic heterocycles. The highest BCUT2D eigenvalue weighted by Gasteiger charge is 2.35. The SMILES string of the molecule is Cn1nccc1C1CCCCN1C1CCOc2cc(S(=O)(=O)Nc3ncns3)ccc21. The van der Waals surface area contributed by atoms with Crippen molar-refractivity contribution < 1.29 is 13.2 Å². The molecule has 2 aliphatic rings. The third-order valence-corrected chi connectivity index (χ3v) is 8.08. The first-order chi connectivity index (χ1) is 15.0. The van der Waals surface area contributed by atoms with Crippen molar-refractivity contribution >= 4 is 26.7 Å². The molecule has 11 heteroatoms. The number of piperidine rings is 1. The lowest BCUT2D eigenvalue weighted by Gasteiger charge is -2.43. The molecule has 1 fully saturated rings. The Morgan fingerprint density at radius 1 is 1.19 bits per heavy atom. The Hall–Kier alpha value is -2.50. The van der Waals surface area contributed by atoms with Crippen LogP contribution in [0.15, 0.2) is 41.7 Å². The summed E-state index contributed by atoms with van der Waals surface area (Å²) in [4.78, 5) is 6.59. The summed E-state index contributed by atoms with van der Waals surface area (Å²) < 4.78 is 39.7. The Labute approximate surface area is 185 Å². The summed E-state index contributed by atoms with van der Waals surface area (Å²) in [6.07, 6.45) is 7.47. The van der Waals surface area contributed by atoms with Gasteiger partial charge in [0.05, 0.1) is 23.2 Å². The minimum Gasteiger partial charge on any atom is -0.493 e. The molecule has 164 valence electrons. The summed E-state index contributed by atoms with van der Waals surface area (Å²) >= 11 is 0.996. The third kappa shape index (κ3) is 3.92. The summed E-state index contributed by atoms with van der Waals surface area (Å²) in [6.45, 7) is 1.55. The first-order valence-corrected chi connectivity index (χ1v) is 12.6. The highest BCUT2D eigenvalue weighted by atomic mass is 32.2. The predicted octanol–water partition coefficient (Wildman–Crippen LogP) is 3.12. The van der Waals surface area contributed by atoms with E-state index in [0.717, 1.165) is 42.9 Å². The standard InChI is InChI=1S/C20H24N6O3S2/c1-25-17(7-9-22-25)18-4-2-3-10-26(18)16-8-11-29-19-12-14(5-6-15(16)19)31(27,28)24-20-21-13-23-30-20/h5-7,9,12-13,16,18H,2-4,8,10-11H2,1H3,(H,21,23,24). The van der Waals surface area contributed by atoms with Gasteiger partial charge in [-0.3, -0.25) is 14.3 Å². The van der Waals surface area contributed by atoms with E-state index in [1.165, 1.54) is 18.4 Å². The van der Waals surface area contributed by atoms with E-state index in [4.69, 9.17) is 4.74 Å². The fourth-order valence-corrected chi connectivity index (χ4v) is 6.29. The molecule has 4 heterocycles. The minimum absolute atomic E-state index is 0.156. The Morgan fingerprint density at radius 3 is 2.87 bits per heavy atom. The molecule has 0 aliphatic carbocycles. The number of benzene rings is 1. The molecule has 0 spiro atoms. The molecule has 0 radical (unpaired) electrons. The van der Waals surface area contributed by atoms with Crippen LogP contribution in [-0.2, 0) is 17.1 Å². The van der Waals surface area contributed by atoms with Gasteiger partial charge in [-0.15, -0.1) is 0 Å². The summed E-state index contributed by atoms with van der Waals surface area (Å²) in [7, 11) is -1.77. The number of anilines is 1. The summed E-state index contributed by atoms with van der Waals surface area (Å²) in [6, 6.07) is 7.72. The van der Waals surface area contributed by atoms with Crippen molar-refractivity contribution in [3.63, 3.8) is 0 Å². The molecular formula is C20H24N6O3S2. The first-order valence-electron chi connectivity index (χ1n) is 10.3. The highest BCUT2D eigenvalue weighted by Crippen LogP contribution is 2.44. The molecule has 5 rings (SSSR count). The predicted molar refractivity (Wildman–Crippen MR) is 117 cm³/mol. The van der Waals surface area contributed by atoms with Gasteiger partial charge in [0.2, 0.25) is 5.13 Å². The lowest BCUT2D eigenvalue weighted by atomic mass is 9.91. The molecule has 0 saturated carbocycles. The van der Waals surface area contributed by atoms with Gasteiger partial charge >= 0.3 is 0 Å². The van der Waals surface area contributed by atoms with Crippen LogP contribution in [0.1, 0.15) is 49.0 Å². The highest BCUT2D eigenvalue weighted by molar-refractivity contribution is 7.93. The van der Waals surface area contributed by atoms with Crippen molar-refractivity contribution in [1.82, 2.24) is 24.0 Å². The van der Waals surface area contributed by atoms with Gasteiger partial charge in [-0.2, -0.15) is 9.47 Å². The second kappa shape index (κ2) is 8.21. The fourth-order valence-electron chi connectivity index (χ4n) is 4.61. The van der Waals surface area contributed by atoms with Crippen LogP contribution in [0.5, 0.6) is 5.75 Å². The van der Waals surface area contributed by atoms with Gasteiger partial charge < -0.3 is 4.74 Å². The van der Waals surface area contributed by atoms with Crippen molar-refractivity contribution in [1.29, 1.82) is 0 Å². The number of ether oxygens (including phenoxy) is 1. The van der Waals surface area contributed by atoms with Crippen molar-refractivity contribution in [2.75, 3.05) is 17.9 Å². The van der Waals surface area contributed by atoms with Crippen molar-refractivity contribution in [3.8, 4) is 5.75 Å². The number of rotatable bonds is 5. The second-order valence-electron chi connectivity index (χ2n) is 7.83. The zero-order valence-corrected chi connectivity index (χ0v) is 18.8. The number of nitrogens with zero attached hydrogens (tertiary/aromatic N) is 5. The number of hydrogen-bond donors (Lipinski definition) is 1. The number of sulfonamides is 1. The maximum Gasteiger partial charge on any atom is 0.263 e. The average molecular weight is 461 g/mol. The van der Waals surface area contributed by atoms with Gasteiger partial charge in [-0.1, -0.05) is 12.5 Å². The maximum absolute atomic E-state index is 12.8. The number of nitrogens with one attached hydrogen (secondary N) is 1. The van der Waals surface area contributed by atoms with Gasteiger partial charge in [0.25, 0.3) is 10.0 Å². The Balaban J connectivity index is 1.45. The first kappa shape index (κ1) is 20.4. The van der Waals surface area contributed by atoms with Crippen molar-refractivity contribution in [2.45, 2.75) is 42.7 Å². The lowest BCUT2D eigenvalue weighted by molar-refractivity contribution is 0.0629. The molecule has 2 atom stereocenters. The van der Waals surface area contributed by atoms with Gasteiger partial charge in [0.1, 0.15) is 12.1 Å². The monoisotopic (exact) mass is 460 g/mol. The van der Waals surface area contributed by atoms with Gasteiger partial charge in [0, 0.05) is 48.9 Å². The van der Waals surface area contributed by atoms with E-state index < -0.39 is 10.0 Å². The molecule has 1 N–H and O–H groups in total. The summed E-state index contributed by atoms with van der Waals surface area (Å²) in [5.74, 6) is 0.630. The Morgan fingerprint density at radius 2 is 2.10 bits per heavy atom. The number of likely N-dealkylation sites (tertiary alicyclic amines) is 1. The van der Waals surface area contributed by atoms with Crippen LogP contribution in [0.4, 0.5) is 5.13 Å². The van der Waals surface area contributed by atoms with Crippen LogP contribution in [-0.4, -0.2) is 45.6 Å². The lowest BCUT2D eigenvalue weighted by Crippen LogP contribution is -2.39. The smallest absolute Gasteiger partial charge is 0.263 e. The number of fused-ring (bicyclic) bond motifs is 1. The molecule has 1 aromatic carbocycles. The molecule has 2 unspecified atom stereocenters. The maximum atomic E-state index is 12.8. The summed E-state index contributed by atoms with van der Waals surface area (Å²) in [5, 5.41) is 4.61. The molecule has 1 saturated heterocycles.